The van der Waals surface area contributed by atoms with Gasteiger partial charge in [0.1, 0.15) is 0 Å². The van der Waals surface area contributed by atoms with Crippen LogP contribution in [-0.2, 0) is 0 Å². The zero-order chi connectivity index (χ0) is 17.5. The molecule has 0 amide bonds. The standard InChI is InChI=1S/C24H42O/c1-19(21-13-7-3-8-14-21)24(22-15-9-4-10-16-22)23(25)18-17-20-11-5-2-6-12-20/h20-23,25H,2-18H2,1H3/b24-19+. The molecule has 1 atom stereocenters. The lowest BCUT2D eigenvalue weighted by atomic mass is 9.73. The second kappa shape index (κ2) is 10.1. The predicted octanol–water partition coefficient (Wildman–Crippen LogP) is 7.18. The highest BCUT2D eigenvalue weighted by Crippen LogP contribution is 2.40. The molecule has 1 unspecified atom stereocenters. The molecule has 3 saturated carbocycles. The second-order valence-corrected chi connectivity index (χ2v) is 9.41. The minimum atomic E-state index is -0.146. The van der Waals surface area contributed by atoms with Crippen LogP contribution in [0.1, 0.15) is 116 Å². The Labute approximate surface area is 156 Å². The van der Waals surface area contributed by atoms with Crippen LogP contribution in [0.2, 0.25) is 0 Å². The Kier molecular flexibility index (Phi) is 7.90. The summed E-state index contributed by atoms with van der Waals surface area (Å²) in [6, 6.07) is 0. The molecule has 0 radical (unpaired) electrons. The number of aliphatic hydroxyl groups is 1. The van der Waals surface area contributed by atoms with Crippen LogP contribution in [0.25, 0.3) is 0 Å². The van der Waals surface area contributed by atoms with Crippen molar-refractivity contribution in [2.45, 2.75) is 122 Å². The molecule has 3 aliphatic rings. The van der Waals surface area contributed by atoms with Gasteiger partial charge in [0.25, 0.3) is 0 Å². The first-order chi connectivity index (χ1) is 12.3. The third kappa shape index (κ3) is 5.59. The van der Waals surface area contributed by atoms with Gasteiger partial charge in [-0.3, -0.25) is 0 Å². The van der Waals surface area contributed by atoms with Gasteiger partial charge in [0.2, 0.25) is 0 Å². The van der Waals surface area contributed by atoms with Gasteiger partial charge in [-0.05, 0) is 68.8 Å². The van der Waals surface area contributed by atoms with E-state index in [1.807, 2.05) is 0 Å². The molecule has 3 rings (SSSR count). The van der Waals surface area contributed by atoms with Crippen molar-refractivity contribution in [1.82, 2.24) is 0 Å². The molecule has 3 aliphatic carbocycles. The predicted molar refractivity (Wildman–Crippen MR) is 108 cm³/mol. The first kappa shape index (κ1) is 19.5. The van der Waals surface area contributed by atoms with E-state index in [0.717, 1.165) is 18.3 Å². The summed E-state index contributed by atoms with van der Waals surface area (Å²) in [6.45, 7) is 2.39. The summed E-state index contributed by atoms with van der Waals surface area (Å²) in [5.41, 5.74) is 3.13. The molecule has 144 valence electrons. The van der Waals surface area contributed by atoms with Gasteiger partial charge in [-0.1, -0.05) is 76.2 Å². The van der Waals surface area contributed by atoms with Crippen LogP contribution in [0.15, 0.2) is 11.1 Å². The Morgan fingerprint density at radius 3 is 1.76 bits per heavy atom. The van der Waals surface area contributed by atoms with E-state index in [0.29, 0.717) is 5.92 Å². The second-order valence-electron chi connectivity index (χ2n) is 9.41. The van der Waals surface area contributed by atoms with Gasteiger partial charge < -0.3 is 5.11 Å². The van der Waals surface area contributed by atoms with Gasteiger partial charge >= 0.3 is 0 Å². The molecule has 0 saturated heterocycles. The van der Waals surface area contributed by atoms with Gasteiger partial charge in [-0.25, -0.2) is 0 Å². The Hall–Kier alpha value is -0.300. The molecule has 0 aliphatic heterocycles. The molecule has 0 aromatic heterocycles. The van der Waals surface area contributed by atoms with Gasteiger partial charge in [0, 0.05) is 0 Å². The SMILES string of the molecule is C/C(=C(\C(O)CCC1CCCCC1)C1CCCCC1)C1CCCCC1. The Bertz CT molecular complexity index is 406. The van der Waals surface area contributed by atoms with E-state index in [9.17, 15) is 5.11 Å². The van der Waals surface area contributed by atoms with Crippen molar-refractivity contribution in [3.63, 3.8) is 0 Å². The largest absolute Gasteiger partial charge is 0.389 e. The van der Waals surface area contributed by atoms with Gasteiger partial charge in [0.05, 0.1) is 6.10 Å². The molecule has 0 aromatic carbocycles. The molecule has 0 aromatic rings. The van der Waals surface area contributed by atoms with Crippen molar-refractivity contribution in [3.05, 3.63) is 11.1 Å². The van der Waals surface area contributed by atoms with E-state index in [1.54, 1.807) is 5.57 Å². The summed E-state index contributed by atoms with van der Waals surface area (Å²) >= 11 is 0. The lowest BCUT2D eigenvalue weighted by Gasteiger charge is -2.34. The van der Waals surface area contributed by atoms with Gasteiger partial charge in [-0.15, -0.1) is 0 Å². The van der Waals surface area contributed by atoms with Crippen molar-refractivity contribution < 1.29 is 5.11 Å². The van der Waals surface area contributed by atoms with Gasteiger partial charge in [-0.2, -0.15) is 0 Å². The van der Waals surface area contributed by atoms with Crippen molar-refractivity contribution in [3.8, 4) is 0 Å². The van der Waals surface area contributed by atoms with Crippen molar-refractivity contribution in [1.29, 1.82) is 0 Å². The average Bonchev–Trinajstić information content (AvgIpc) is 2.69. The molecule has 0 bridgehead atoms. The summed E-state index contributed by atoms with van der Waals surface area (Å²) < 4.78 is 0. The molecule has 3 fully saturated rings. The summed E-state index contributed by atoms with van der Waals surface area (Å²) in [7, 11) is 0. The zero-order valence-electron chi connectivity index (χ0n) is 16.8. The van der Waals surface area contributed by atoms with E-state index >= 15 is 0 Å². The summed E-state index contributed by atoms with van der Waals surface area (Å²) in [6.07, 6.45) is 23.0. The topological polar surface area (TPSA) is 20.2 Å². The highest BCUT2D eigenvalue weighted by molar-refractivity contribution is 5.23. The fourth-order valence-corrected chi connectivity index (χ4v) is 6.07. The Morgan fingerprint density at radius 2 is 1.20 bits per heavy atom. The van der Waals surface area contributed by atoms with Crippen molar-refractivity contribution in [2.24, 2.45) is 17.8 Å². The van der Waals surface area contributed by atoms with Gasteiger partial charge in [0.15, 0.2) is 0 Å². The van der Waals surface area contributed by atoms with Crippen LogP contribution >= 0.6 is 0 Å². The highest BCUT2D eigenvalue weighted by Gasteiger charge is 2.29. The van der Waals surface area contributed by atoms with Crippen LogP contribution in [0.4, 0.5) is 0 Å². The maximum absolute atomic E-state index is 11.2. The number of hydrogen-bond donors (Lipinski definition) is 1. The monoisotopic (exact) mass is 346 g/mol. The first-order valence-corrected chi connectivity index (χ1v) is 11.6. The lowest BCUT2D eigenvalue weighted by molar-refractivity contribution is 0.159. The zero-order valence-corrected chi connectivity index (χ0v) is 16.8. The van der Waals surface area contributed by atoms with E-state index < -0.39 is 0 Å². The van der Waals surface area contributed by atoms with Crippen LogP contribution in [-0.4, -0.2) is 11.2 Å². The first-order valence-electron chi connectivity index (χ1n) is 11.6. The number of allylic oxidation sites excluding steroid dienone is 1. The molecule has 25 heavy (non-hydrogen) atoms. The van der Waals surface area contributed by atoms with Crippen LogP contribution in [0.5, 0.6) is 0 Å². The lowest BCUT2D eigenvalue weighted by Crippen LogP contribution is -2.25. The molecule has 0 heterocycles. The summed E-state index contributed by atoms with van der Waals surface area (Å²) in [5, 5.41) is 11.2. The maximum Gasteiger partial charge on any atom is 0.0755 e. The smallest absolute Gasteiger partial charge is 0.0755 e. The highest BCUT2D eigenvalue weighted by atomic mass is 16.3. The van der Waals surface area contributed by atoms with Crippen LogP contribution in [0, 0.1) is 17.8 Å². The van der Waals surface area contributed by atoms with Crippen LogP contribution in [0.3, 0.4) is 0 Å². The molecule has 1 heteroatoms. The van der Waals surface area contributed by atoms with E-state index in [2.05, 4.69) is 6.92 Å². The quantitative estimate of drug-likeness (QED) is 0.505. The fourth-order valence-electron chi connectivity index (χ4n) is 6.07. The van der Waals surface area contributed by atoms with Crippen molar-refractivity contribution in [2.75, 3.05) is 0 Å². The van der Waals surface area contributed by atoms with E-state index in [-0.39, 0.29) is 6.10 Å². The van der Waals surface area contributed by atoms with Crippen LogP contribution < -0.4 is 0 Å². The van der Waals surface area contributed by atoms with Crippen molar-refractivity contribution >= 4 is 0 Å². The molecule has 0 spiro atoms. The average molecular weight is 347 g/mol. The normalized spacial score (nSPS) is 27.1. The third-order valence-electron chi connectivity index (χ3n) is 7.65. The molecular formula is C24H42O. The fraction of sp³-hybridized carbons (Fsp3) is 0.917. The number of aliphatic hydroxyl groups excluding tert-OH is 1. The molecular weight excluding hydrogens is 304 g/mol. The number of hydrogen-bond acceptors (Lipinski definition) is 1. The molecule has 1 N–H and O–H groups in total. The van der Waals surface area contributed by atoms with E-state index in [4.69, 9.17) is 0 Å². The Balaban J connectivity index is 1.67. The third-order valence-corrected chi connectivity index (χ3v) is 7.65. The summed E-state index contributed by atoms with van der Waals surface area (Å²) in [4.78, 5) is 0. The summed E-state index contributed by atoms with van der Waals surface area (Å²) in [5.74, 6) is 2.36. The molecule has 1 nitrogen and oxygen atoms in total. The number of rotatable bonds is 6. The minimum absolute atomic E-state index is 0.146. The van der Waals surface area contributed by atoms with E-state index in [1.165, 1.54) is 108 Å². The minimum Gasteiger partial charge on any atom is -0.389 e. The Morgan fingerprint density at radius 1 is 0.720 bits per heavy atom. The maximum atomic E-state index is 11.2.